The molecule has 332 valence electrons. The first-order chi connectivity index (χ1) is 33.2. The minimum atomic E-state index is -3.35. The third-order valence-corrected chi connectivity index (χ3v) is 19.5. The van der Waals surface area contributed by atoms with Crippen molar-refractivity contribution >= 4 is 79.9 Å². The van der Waals surface area contributed by atoms with E-state index in [1.54, 1.807) is 22.7 Å². The van der Waals surface area contributed by atoms with Gasteiger partial charge in [-0.25, -0.2) is 0 Å². The van der Waals surface area contributed by atoms with Gasteiger partial charge in [-0.05, 0) is 140 Å². The van der Waals surface area contributed by atoms with Crippen LogP contribution in [0.5, 0.6) is 0 Å². The fraction of sp³-hybridized carbons (Fsp3) is 0.0968. The number of para-hydroxylation sites is 4. The number of rotatable bonds is 10. The largest absolute Gasteiger partial charge is 0.310 e. The molecule has 10 aromatic rings. The monoisotopic (exact) mass is 934 g/mol. The zero-order chi connectivity index (χ0) is 46.5. The van der Waals surface area contributed by atoms with E-state index in [9.17, 15) is 0 Å². The van der Waals surface area contributed by atoms with Gasteiger partial charge in [0.15, 0.2) is 7.14 Å². The average Bonchev–Trinajstić information content (AvgIpc) is 4.03. The van der Waals surface area contributed by atoms with Crippen molar-refractivity contribution in [2.75, 3.05) is 9.80 Å². The van der Waals surface area contributed by atoms with Gasteiger partial charge in [-0.3, -0.25) is 0 Å². The summed E-state index contributed by atoms with van der Waals surface area (Å²) >= 11 is 3.59. The Morgan fingerprint density at radius 1 is 0.382 bits per heavy atom. The summed E-state index contributed by atoms with van der Waals surface area (Å²) in [7, 11) is -3.35. The predicted octanol–water partition coefficient (Wildman–Crippen LogP) is 16.8. The molecule has 2 aromatic heterocycles. The van der Waals surface area contributed by atoms with Crippen LogP contribution in [0.1, 0.15) is 49.1 Å². The number of aryl methyl sites for hydroxylation is 5. The molecule has 8 aromatic carbocycles. The van der Waals surface area contributed by atoms with Gasteiger partial charge in [0.25, 0.3) is 0 Å². The first-order valence-electron chi connectivity index (χ1n) is 23.2. The summed E-state index contributed by atoms with van der Waals surface area (Å²) in [5, 5.41) is 2.76. The van der Waals surface area contributed by atoms with Gasteiger partial charge in [-0.2, -0.15) is 0 Å². The highest BCUT2D eigenvalue weighted by atomic mass is 32.1. The van der Waals surface area contributed by atoms with Crippen molar-refractivity contribution in [1.29, 1.82) is 0 Å². The van der Waals surface area contributed by atoms with Crippen molar-refractivity contribution in [3.05, 3.63) is 255 Å². The Morgan fingerprint density at radius 2 is 0.721 bits per heavy atom. The topological polar surface area (TPSA) is 23.6 Å². The molecule has 11 rings (SSSR count). The molecule has 0 atom stereocenters. The molecule has 0 saturated carbocycles. The van der Waals surface area contributed by atoms with Crippen LogP contribution in [-0.4, -0.2) is 0 Å². The van der Waals surface area contributed by atoms with Crippen LogP contribution in [0, 0.1) is 34.6 Å². The standard InChI is InChI=1S/C62H51N2OPS2/c1-41-19-9-14-26-51(41)60-61-56(39-58(67-61)46-31-35-48(36-32-46)63(52-27-15-10-20-42(52)2)53-28-16-11-21-43(53)3)66(65,50-24-7-6-8-25-50)57-40-59(68-62(57)60)47-33-37-49(38-34-47)64(54-29-17-12-22-44(54)4)55-30-18-13-23-45(55)5/h6-40,60H,1-5H3. The summed E-state index contributed by atoms with van der Waals surface area (Å²) in [5.41, 5.74) is 16.3. The maximum Gasteiger partial charge on any atom is 0.173 e. The maximum atomic E-state index is 16.7. The molecule has 0 aliphatic carbocycles. The molecule has 0 radical (unpaired) electrons. The van der Waals surface area contributed by atoms with Gasteiger partial charge in [0.2, 0.25) is 0 Å². The molecule has 0 amide bonds. The van der Waals surface area contributed by atoms with Crippen molar-refractivity contribution in [3.63, 3.8) is 0 Å². The molecule has 1 aliphatic heterocycles. The Hall–Kier alpha value is -7.01. The molecule has 6 heteroatoms. The lowest BCUT2D eigenvalue weighted by Gasteiger charge is -2.30. The van der Waals surface area contributed by atoms with Gasteiger partial charge in [0, 0.05) is 69.5 Å². The molecule has 3 heterocycles. The van der Waals surface area contributed by atoms with Crippen LogP contribution in [0.4, 0.5) is 34.1 Å². The van der Waals surface area contributed by atoms with E-state index >= 15 is 4.57 Å². The van der Waals surface area contributed by atoms with Crippen LogP contribution in [0.2, 0.25) is 0 Å². The zero-order valence-electron chi connectivity index (χ0n) is 38.9. The summed E-state index contributed by atoms with van der Waals surface area (Å²) in [4.78, 5) is 9.28. The van der Waals surface area contributed by atoms with Crippen molar-refractivity contribution in [3.8, 4) is 20.9 Å². The van der Waals surface area contributed by atoms with Gasteiger partial charge in [-0.1, -0.05) is 152 Å². The molecule has 0 N–H and O–H groups in total. The summed E-state index contributed by atoms with van der Waals surface area (Å²) in [6.07, 6.45) is 0. The van der Waals surface area contributed by atoms with Crippen LogP contribution >= 0.6 is 29.8 Å². The number of benzene rings is 8. The Kier molecular flexibility index (Phi) is 11.5. The average molecular weight is 935 g/mol. The van der Waals surface area contributed by atoms with E-state index in [-0.39, 0.29) is 5.92 Å². The zero-order valence-corrected chi connectivity index (χ0v) is 41.4. The highest BCUT2D eigenvalue weighted by Gasteiger charge is 2.45. The molecule has 0 bridgehead atoms. The molecule has 0 spiro atoms. The van der Waals surface area contributed by atoms with Gasteiger partial charge in [0.05, 0.1) is 5.92 Å². The van der Waals surface area contributed by atoms with Gasteiger partial charge < -0.3 is 14.4 Å². The highest BCUT2D eigenvalue weighted by molar-refractivity contribution is 7.86. The maximum absolute atomic E-state index is 16.7. The third-order valence-electron chi connectivity index (χ3n) is 13.5. The van der Waals surface area contributed by atoms with Crippen LogP contribution in [-0.2, 0) is 4.57 Å². The number of hydrogen-bond acceptors (Lipinski definition) is 5. The van der Waals surface area contributed by atoms with E-state index in [0.717, 1.165) is 80.7 Å². The predicted molar refractivity (Wildman–Crippen MR) is 293 cm³/mol. The summed E-state index contributed by atoms with van der Waals surface area (Å²) in [6.45, 7) is 10.9. The van der Waals surface area contributed by atoms with Crippen LogP contribution in [0.25, 0.3) is 20.9 Å². The number of hydrogen-bond donors (Lipinski definition) is 0. The van der Waals surface area contributed by atoms with Crippen molar-refractivity contribution in [2.45, 2.75) is 40.5 Å². The number of anilines is 6. The molecule has 3 nitrogen and oxygen atoms in total. The first kappa shape index (κ1) is 43.6. The van der Waals surface area contributed by atoms with E-state index in [0.29, 0.717) is 0 Å². The van der Waals surface area contributed by atoms with Crippen LogP contribution < -0.4 is 25.7 Å². The van der Waals surface area contributed by atoms with Crippen molar-refractivity contribution in [1.82, 2.24) is 0 Å². The summed E-state index contributed by atoms with van der Waals surface area (Å²) in [6, 6.07) is 75.7. The SMILES string of the molecule is Cc1ccccc1C1c2sc(-c3ccc(N(c4ccccc4C)c4ccccc4C)cc3)cc2P(=O)(c2ccccc2)c2cc(-c3ccc(N(c4ccccc4C)c4ccccc4C)cc3)sc21. The molecule has 0 unspecified atom stereocenters. The quantitative estimate of drug-likeness (QED) is 0.128. The van der Waals surface area contributed by atoms with E-state index in [2.05, 4.69) is 239 Å². The molecule has 68 heavy (non-hydrogen) atoms. The lowest BCUT2D eigenvalue weighted by Crippen LogP contribution is -2.33. The number of nitrogens with zero attached hydrogens (tertiary/aromatic N) is 2. The molecule has 0 saturated heterocycles. The Bertz CT molecular complexity index is 3240. The third kappa shape index (κ3) is 7.56. The minimum Gasteiger partial charge on any atom is -0.310 e. The van der Waals surface area contributed by atoms with Crippen molar-refractivity contribution in [2.24, 2.45) is 0 Å². The number of thiophene rings is 2. The lowest BCUT2D eigenvalue weighted by atomic mass is 9.91. The second-order valence-electron chi connectivity index (χ2n) is 17.9. The fourth-order valence-corrected chi connectivity index (χ4v) is 16.6. The second-order valence-corrected chi connectivity index (χ2v) is 22.7. The van der Waals surface area contributed by atoms with Crippen LogP contribution in [0.3, 0.4) is 0 Å². The van der Waals surface area contributed by atoms with Gasteiger partial charge >= 0.3 is 0 Å². The second kappa shape index (κ2) is 17.9. The number of fused-ring (bicyclic) bond motifs is 2. The van der Waals surface area contributed by atoms with Gasteiger partial charge in [0.1, 0.15) is 0 Å². The molecule has 1 aliphatic rings. The minimum absolute atomic E-state index is 0.0711. The molecular weight excluding hydrogens is 884 g/mol. The highest BCUT2D eigenvalue weighted by Crippen LogP contribution is 2.58. The fourth-order valence-electron chi connectivity index (χ4n) is 9.96. The summed E-state index contributed by atoms with van der Waals surface area (Å²) in [5.74, 6) is -0.0711. The van der Waals surface area contributed by atoms with E-state index in [1.165, 1.54) is 33.4 Å². The first-order valence-corrected chi connectivity index (χ1v) is 26.6. The normalized spacial score (nSPS) is 15.1. The smallest absolute Gasteiger partial charge is 0.173 e. The van der Waals surface area contributed by atoms with E-state index in [4.69, 9.17) is 0 Å². The van der Waals surface area contributed by atoms with E-state index in [1.807, 2.05) is 18.2 Å². The Morgan fingerprint density at radius 3 is 1.09 bits per heavy atom. The lowest BCUT2D eigenvalue weighted by molar-refractivity contribution is 0.592. The molecule has 0 fully saturated rings. The van der Waals surface area contributed by atoms with E-state index < -0.39 is 7.14 Å². The Labute approximate surface area is 408 Å². The van der Waals surface area contributed by atoms with Gasteiger partial charge in [-0.15, -0.1) is 22.7 Å². The summed E-state index contributed by atoms with van der Waals surface area (Å²) < 4.78 is 16.7. The van der Waals surface area contributed by atoms with Crippen molar-refractivity contribution < 1.29 is 4.57 Å². The molecular formula is C62H51N2OPS2. The van der Waals surface area contributed by atoms with Crippen LogP contribution in [0.15, 0.2) is 212 Å². The Balaban J connectivity index is 1.04.